The third-order valence-corrected chi connectivity index (χ3v) is 5.76. The fourth-order valence-electron chi connectivity index (χ4n) is 3.54. The van der Waals surface area contributed by atoms with Crippen LogP contribution in [0.5, 0.6) is 0 Å². The van der Waals surface area contributed by atoms with E-state index in [1.165, 1.54) is 36.4 Å². The smallest absolute Gasteiger partial charge is 0.258 e. The van der Waals surface area contributed by atoms with Gasteiger partial charge in [-0.1, -0.05) is 29.3 Å². The van der Waals surface area contributed by atoms with E-state index in [-0.39, 0.29) is 11.9 Å². The van der Waals surface area contributed by atoms with E-state index < -0.39 is 11.6 Å². The Bertz CT molecular complexity index is 1160. The summed E-state index contributed by atoms with van der Waals surface area (Å²) in [6.45, 7) is 1.88. The highest BCUT2D eigenvalue weighted by Gasteiger charge is 2.32. The van der Waals surface area contributed by atoms with E-state index in [1.807, 2.05) is 6.92 Å². The number of halogens is 4. The lowest BCUT2D eigenvalue weighted by molar-refractivity contribution is 0.0978. The van der Waals surface area contributed by atoms with Gasteiger partial charge in [-0.05, 0) is 61.5 Å². The number of hydrogen-bond acceptors (Lipinski definition) is 2. The van der Waals surface area contributed by atoms with Gasteiger partial charge in [0.15, 0.2) is 0 Å². The van der Waals surface area contributed by atoms with Gasteiger partial charge >= 0.3 is 0 Å². The van der Waals surface area contributed by atoms with E-state index in [0.29, 0.717) is 44.7 Å². The fourth-order valence-corrected chi connectivity index (χ4v) is 3.88. The Morgan fingerprint density at radius 1 is 1.03 bits per heavy atom. The average Bonchev–Trinajstić information content (AvgIpc) is 2.72. The first-order chi connectivity index (χ1) is 14.3. The minimum atomic E-state index is -0.442. The number of hydrogen-bond donors (Lipinski definition) is 0. The van der Waals surface area contributed by atoms with Crippen molar-refractivity contribution in [1.82, 2.24) is 0 Å². The highest BCUT2D eigenvalue weighted by Crippen LogP contribution is 2.37. The van der Waals surface area contributed by atoms with Crippen LogP contribution in [0.1, 0.15) is 29.3 Å². The molecule has 1 atom stereocenters. The normalized spacial score (nSPS) is 17.2. The maximum atomic E-state index is 14.1. The van der Waals surface area contributed by atoms with Crippen molar-refractivity contribution in [3.8, 4) is 0 Å². The van der Waals surface area contributed by atoms with Crippen molar-refractivity contribution in [2.75, 3.05) is 4.90 Å². The summed E-state index contributed by atoms with van der Waals surface area (Å²) in [5.74, 6) is -1.16. The van der Waals surface area contributed by atoms with Gasteiger partial charge in [0.1, 0.15) is 11.6 Å². The molecule has 0 aliphatic carbocycles. The van der Waals surface area contributed by atoms with Crippen molar-refractivity contribution in [1.29, 1.82) is 0 Å². The maximum Gasteiger partial charge on any atom is 0.258 e. The molecule has 0 spiro atoms. The molecular formula is C23H16Cl2F2N2O. The number of rotatable bonds is 2. The van der Waals surface area contributed by atoms with E-state index in [0.717, 1.165) is 0 Å². The van der Waals surface area contributed by atoms with Gasteiger partial charge in [-0.2, -0.15) is 0 Å². The number of carbonyl (C=O) groups excluding carboxylic acids is 1. The van der Waals surface area contributed by atoms with Gasteiger partial charge in [-0.25, -0.2) is 8.78 Å². The van der Waals surface area contributed by atoms with Gasteiger partial charge in [-0.15, -0.1) is 0 Å². The second kappa shape index (κ2) is 8.17. The van der Waals surface area contributed by atoms with Gasteiger partial charge in [0.25, 0.3) is 5.91 Å². The largest absolute Gasteiger partial charge is 0.305 e. The summed E-state index contributed by atoms with van der Waals surface area (Å²) in [7, 11) is 0. The van der Waals surface area contributed by atoms with Crippen LogP contribution in [0.2, 0.25) is 10.0 Å². The fraction of sp³-hybridized carbons (Fsp3) is 0.130. The van der Waals surface area contributed by atoms with Crippen molar-refractivity contribution >= 4 is 46.2 Å². The van der Waals surface area contributed by atoms with E-state index in [4.69, 9.17) is 23.2 Å². The van der Waals surface area contributed by atoms with Crippen molar-refractivity contribution in [3.63, 3.8) is 0 Å². The second-order valence-electron chi connectivity index (χ2n) is 7.03. The highest BCUT2D eigenvalue weighted by molar-refractivity contribution is 6.43. The van der Waals surface area contributed by atoms with Crippen molar-refractivity contribution in [3.05, 3.63) is 93.5 Å². The average molecular weight is 445 g/mol. The van der Waals surface area contributed by atoms with E-state index in [1.54, 1.807) is 29.2 Å². The van der Waals surface area contributed by atoms with E-state index in [2.05, 4.69) is 4.99 Å². The summed E-state index contributed by atoms with van der Waals surface area (Å²) in [4.78, 5) is 19.4. The Morgan fingerprint density at radius 2 is 1.73 bits per heavy atom. The van der Waals surface area contributed by atoms with Crippen LogP contribution in [0.3, 0.4) is 0 Å². The van der Waals surface area contributed by atoms with Crippen molar-refractivity contribution < 1.29 is 13.6 Å². The first kappa shape index (κ1) is 20.5. The lowest BCUT2D eigenvalue weighted by Crippen LogP contribution is -2.44. The summed E-state index contributed by atoms with van der Waals surface area (Å²) >= 11 is 12.4. The molecule has 1 aliphatic heterocycles. The van der Waals surface area contributed by atoms with Crippen LogP contribution < -0.4 is 4.90 Å². The predicted molar refractivity (Wildman–Crippen MR) is 116 cm³/mol. The van der Waals surface area contributed by atoms with Crippen LogP contribution in [0, 0.1) is 11.6 Å². The van der Waals surface area contributed by atoms with Gasteiger partial charge < -0.3 is 4.90 Å². The Balaban J connectivity index is 1.82. The summed E-state index contributed by atoms with van der Waals surface area (Å²) in [6.07, 6.45) is 0.381. The molecule has 0 bridgehead atoms. The molecule has 4 rings (SSSR count). The molecule has 1 amide bonds. The molecule has 0 saturated carbocycles. The van der Waals surface area contributed by atoms with Crippen LogP contribution in [-0.4, -0.2) is 17.7 Å². The maximum absolute atomic E-state index is 14.1. The van der Waals surface area contributed by atoms with E-state index in [9.17, 15) is 13.6 Å². The number of carbonyl (C=O) groups is 1. The number of nitrogens with zero attached hydrogens (tertiary/aromatic N) is 2. The first-order valence-electron chi connectivity index (χ1n) is 9.26. The number of anilines is 1. The van der Waals surface area contributed by atoms with Crippen molar-refractivity contribution in [2.45, 2.75) is 19.4 Å². The zero-order valence-corrected chi connectivity index (χ0v) is 17.4. The Hall–Kier alpha value is -2.76. The number of fused-ring (bicyclic) bond motifs is 1. The lowest BCUT2D eigenvalue weighted by atomic mass is 9.93. The standard InChI is InChI=1S/C23H16Cl2F2N2O/c1-13-11-20(28-19-4-2-3-18(24)22(19)25)17-12-16(27)9-10-21(17)29(13)23(30)14-5-7-15(26)8-6-14/h2-10,12-13H,11H2,1H3. The number of aliphatic imine (C=N–C) groups is 1. The molecule has 30 heavy (non-hydrogen) atoms. The molecule has 0 aromatic heterocycles. The highest BCUT2D eigenvalue weighted by atomic mass is 35.5. The molecule has 0 radical (unpaired) electrons. The van der Waals surface area contributed by atoms with Gasteiger partial charge in [0.05, 0.1) is 27.1 Å². The summed E-state index contributed by atoms with van der Waals surface area (Å²) in [6, 6.07) is 14.4. The van der Waals surface area contributed by atoms with Gasteiger partial charge in [0.2, 0.25) is 0 Å². The molecule has 1 heterocycles. The van der Waals surface area contributed by atoms with Crippen LogP contribution in [0.25, 0.3) is 0 Å². The zero-order valence-electron chi connectivity index (χ0n) is 15.9. The molecule has 7 heteroatoms. The minimum Gasteiger partial charge on any atom is -0.305 e. The first-order valence-corrected chi connectivity index (χ1v) is 10.0. The summed E-state index contributed by atoms with van der Waals surface area (Å²) < 4.78 is 27.4. The van der Waals surface area contributed by atoms with Crippen LogP contribution in [-0.2, 0) is 0 Å². The molecule has 0 N–H and O–H groups in total. The van der Waals surface area contributed by atoms with Crippen molar-refractivity contribution in [2.24, 2.45) is 4.99 Å². The SMILES string of the molecule is CC1CC(=Nc2cccc(Cl)c2Cl)c2cc(F)ccc2N1C(=O)c1ccc(F)cc1. The number of amides is 1. The molecule has 1 unspecified atom stereocenters. The zero-order chi connectivity index (χ0) is 21.4. The van der Waals surface area contributed by atoms with Gasteiger partial charge in [-0.3, -0.25) is 9.79 Å². The predicted octanol–water partition coefficient (Wildman–Crippen LogP) is 6.83. The quantitative estimate of drug-likeness (QED) is 0.426. The molecule has 3 nitrogen and oxygen atoms in total. The van der Waals surface area contributed by atoms with E-state index >= 15 is 0 Å². The molecule has 0 fully saturated rings. The number of benzene rings is 3. The summed E-state index contributed by atoms with van der Waals surface area (Å²) in [5.41, 5.74) is 2.45. The van der Waals surface area contributed by atoms with Crippen LogP contribution >= 0.6 is 23.2 Å². The molecule has 3 aromatic rings. The second-order valence-corrected chi connectivity index (χ2v) is 7.81. The Kier molecular flexibility index (Phi) is 5.58. The van der Waals surface area contributed by atoms with Crippen LogP contribution in [0.4, 0.5) is 20.2 Å². The molecule has 1 aliphatic rings. The topological polar surface area (TPSA) is 32.7 Å². The molecule has 0 saturated heterocycles. The molecular weight excluding hydrogens is 429 g/mol. The lowest BCUT2D eigenvalue weighted by Gasteiger charge is -2.36. The third-order valence-electron chi connectivity index (χ3n) is 4.96. The molecule has 152 valence electrons. The Labute approximate surface area is 182 Å². The van der Waals surface area contributed by atoms with Gasteiger partial charge in [0, 0.05) is 23.6 Å². The molecule has 3 aromatic carbocycles. The summed E-state index contributed by atoms with van der Waals surface area (Å²) in [5, 5.41) is 0.678. The Morgan fingerprint density at radius 3 is 2.47 bits per heavy atom. The third kappa shape index (κ3) is 3.83. The van der Waals surface area contributed by atoms with Crippen LogP contribution in [0.15, 0.2) is 65.7 Å². The minimum absolute atomic E-state index is 0.266. The monoisotopic (exact) mass is 444 g/mol.